The third-order valence-corrected chi connectivity index (χ3v) is 3.21. The molecule has 0 saturated carbocycles. The molecule has 2 rings (SSSR count). The van der Waals surface area contributed by atoms with E-state index in [0.717, 1.165) is 0 Å². The lowest BCUT2D eigenvalue weighted by atomic mass is 10.2. The molecule has 5 heteroatoms. The highest BCUT2D eigenvalue weighted by atomic mass is 19.1. The molecule has 0 aliphatic carbocycles. The van der Waals surface area contributed by atoms with Gasteiger partial charge < -0.3 is 10.6 Å². The van der Waals surface area contributed by atoms with E-state index < -0.39 is 6.04 Å². The Bertz CT molecular complexity index is 709. The molecule has 0 aliphatic heterocycles. The predicted molar refractivity (Wildman–Crippen MR) is 82.5 cm³/mol. The van der Waals surface area contributed by atoms with Crippen molar-refractivity contribution in [2.24, 2.45) is 0 Å². The molecule has 2 aromatic carbocycles. The average Bonchev–Trinajstić information content (AvgIpc) is 2.54. The van der Waals surface area contributed by atoms with Gasteiger partial charge in [0.05, 0.1) is 17.7 Å². The van der Waals surface area contributed by atoms with Crippen molar-refractivity contribution in [1.82, 2.24) is 5.32 Å². The number of nitrogens with one attached hydrogen (secondary N) is 2. The van der Waals surface area contributed by atoms with Crippen LogP contribution >= 0.6 is 0 Å². The minimum Gasteiger partial charge on any atom is -0.325 e. The Labute approximate surface area is 128 Å². The van der Waals surface area contributed by atoms with Crippen LogP contribution in [0.4, 0.5) is 10.1 Å². The summed E-state index contributed by atoms with van der Waals surface area (Å²) in [6.07, 6.45) is 0. The Morgan fingerprint density at radius 3 is 2.77 bits per heavy atom. The van der Waals surface area contributed by atoms with E-state index in [1.54, 1.807) is 49.4 Å². The molecular formula is C17H16FN3O. The summed E-state index contributed by atoms with van der Waals surface area (Å²) in [4.78, 5) is 12.1. The zero-order valence-electron chi connectivity index (χ0n) is 12.1. The summed E-state index contributed by atoms with van der Waals surface area (Å²) in [5, 5.41) is 14.5. The van der Waals surface area contributed by atoms with E-state index in [1.807, 2.05) is 6.07 Å². The molecule has 1 amide bonds. The van der Waals surface area contributed by atoms with Crippen LogP contribution in [-0.4, -0.2) is 11.9 Å². The van der Waals surface area contributed by atoms with Crippen molar-refractivity contribution in [2.45, 2.75) is 19.5 Å². The van der Waals surface area contributed by atoms with Crippen LogP contribution in [0.1, 0.15) is 18.1 Å². The van der Waals surface area contributed by atoms with E-state index >= 15 is 0 Å². The van der Waals surface area contributed by atoms with E-state index in [2.05, 4.69) is 10.6 Å². The fraction of sp³-hybridized carbons (Fsp3) is 0.176. The minimum atomic E-state index is -0.495. The number of hydrogen-bond acceptors (Lipinski definition) is 3. The first-order valence-electron chi connectivity index (χ1n) is 6.88. The summed E-state index contributed by atoms with van der Waals surface area (Å²) < 4.78 is 13.5. The summed E-state index contributed by atoms with van der Waals surface area (Å²) in [5.74, 6) is -0.546. The average molecular weight is 297 g/mol. The smallest absolute Gasteiger partial charge is 0.241 e. The third-order valence-electron chi connectivity index (χ3n) is 3.21. The zero-order chi connectivity index (χ0) is 15.9. The summed E-state index contributed by atoms with van der Waals surface area (Å²) in [6, 6.07) is 14.6. The van der Waals surface area contributed by atoms with Crippen LogP contribution in [0.15, 0.2) is 48.5 Å². The number of hydrogen-bond donors (Lipinski definition) is 2. The van der Waals surface area contributed by atoms with Crippen molar-refractivity contribution in [3.8, 4) is 6.07 Å². The second kappa shape index (κ2) is 7.34. The standard InChI is InChI=1S/C17H16FN3O/c1-12(20-11-14-6-2-3-8-16(14)18)17(22)21-15-7-4-5-13(9-15)10-19/h2-9,12,20H,11H2,1H3,(H,21,22)/t12-/m1/s1. The van der Waals surface area contributed by atoms with E-state index in [9.17, 15) is 9.18 Å². The highest BCUT2D eigenvalue weighted by Crippen LogP contribution is 2.10. The van der Waals surface area contributed by atoms with Gasteiger partial charge in [-0.2, -0.15) is 5.26 Å². The van der Waals surface area contributed by atoms with Crippen LogP contribution < -0.4 is 10.6 Å². The zero-order valence-corrected chi connectivity index (χ0v) is 12.1. The minimum absolute atomic E-state index is 0.244. The maximum absolute atomic E-state index is 13.5. The molecule has 0 aromatic heterocycles. The fourth-order valence-corrected chi connectivity index (χ4v) is 1.91. The molecule has 0 aliphatic rings. The van der Waals surface area contributed by atoms with Gasteiger partial charge in [0.2, 0.25) is 5.91 Å². The quantitative estimate of drug-likeness (QED) is 0.892. The second-order valence-corrected chi connectivity index (χ2v) is 4.88. The molecule has 22 heavy (non-hydrogen) atoms. The van der Waals surface area contributed by atoms with Gasteiger partial charge in [-0.1, -0.05) is 24.3 Å². The Kier molecular flexibility index (Phi) is 5.23. The maximum atomic E-state index is 13.5. The Balaban J connectivity index is 1.92. The molecule has 0 spiro atoms. The van der Waals surface area contributed by atoms with Crippen LogP contribution in [-0.2, 0) is 11.3 Å². The normalized spacial score (nSPS) is 11.5. The van der Waals surface area contributed by atoms with Crippen molar-refractivity contribution in [2.75, 3.05) is 5.32 Å². The van der Waals surface area contributed by atoms with Gasteiger partial charge >= 0.3 is 0 Å². The van der Waals surface area contributed by atoms with Gasteiger partial charge in [0.25, 0.3) is 0 Å². The van der Waals surface area contributed by atoms with E-state index in [-0.39, 0.29) is 18.3 Å². The van der Waals surface area contributed by atoms with Gasteiger partial charge in [0.1, 0.15) is 5.82 Å². The first-order chi connectivity index (χ1) is 10.6. The lowest BCUT2D eigenvalue weighted by Gasteiger charge is -2.14. The van der Waals surface area contributed by atoms with Gasteiger partial charge in [-0.05, 0) is 31.2 Å². The molecule has 112 valence electrons. The molecule has 2 N–H and O–H groups in total. The van der Waals surface area contributed by atoms with Gasteiger partial charge in [-0.3, -0.25) is 4.79 Å². The van der Waals surface area contributed by atoms with Gasteiger partial charge in [0, 0.05) is 17.8 Å². The maximum Gasteiger partial charge on any atom is 0.241 e. The summed E-state index contributed by atoms with van der Waals surface area (Å²) in [7, 11) is 0. The molecule has 1 atom stereocenters. The molecule has 0 unspecified atom stereocenters. The molecule has 0 bridgehead atoms. The van der Waals surface area contributed by atoms with Crippen LogP contribution in [0.5, 0.6) is 0 Å². The summed E-state index contributed by atoms with van der Waals surface area (Å²) in [5.41, 5.74) is 1.54. The second-order valence-electron chi connectivity index (χ2n) is 4.88. The van der Waals surface area contributed by atoms with E-state index in [1.165, 1.54) is 6.07 Å². The van der Waals surface area contributed by atoms with E-state index in [0.29, 0.717) is 16.8 Å². The Morgan fingerprint density at radius 1 is 1.27 bits per heavy atom. The first-order valence-corrected chi connectivity index (χ1v) is 6.88. The highest BCUT2D eigenvalue weighted by molar-refractivity contribution is 5.94. The number of halogens is 1. The number of benzene rings is 2. The molecule has 0 heterocycles. The van der Waals surface area contributed by atoms with Gasteiger partial charge in [-0.15, -0.1) is 0 Å². The number of rotatable bonds is 5. The van der Waals surface area contributed by atoms with Gasteiger partial charge in [0.15, 0.2) is 0 Å². The Morgan fingerprint density at radius 2 is 2.05 bits per heavy atom. The topological polar surface area (TPSA) is 64.9 Å². The SMILES string of the molecule is C[C@@H](NCc1ccccc1F)C(=O)Nc1cccc(C#N)c1. The molecule has 0 fully saturated rings. The molecule has 4 nitrogen and oxygen atoms in total. The van der Waals surface area contributed by atoms with Crippen molar-refractivity contribution in [3.63, 3.8) is 0 Å². The molecule has 2 aromatic rings. The number of nitrogens with zero attached hydrogens (tertiary/aromatic N) is 1. The number of carbonyl (C=O) groups excluding carboxylic acids is 1. The number of anilines is 1. The Hall–Kier alpha value is -2.71. The number of carbonyl (C=O) groups is 1. The summed E-state index contributed by atoms with van der Waals surface area (Å²) in [6.45, 7) is 1.96. The molecule has 0 radical (unpaired) electrons. The van der Waals surface area contributed by atoms with Crippen molar-refractivity contribution >= 4 is 11.6 Å². The summed E-state index contributed by atoms with van der Waals surface area (Å²) >= 11 is 0. The largest absolute Gasteiger partial charge is 0.325 e. The third kappa shape index (κ3) is 4.14. The van der Waals surface area contributed by atoms with Crippen molar-refractivity contribution in [1.29, 1.82) is 5.26 Å². The fourth-order valence-electron chi connectivity index (χ4n) is 1.91. The van der Waals surface area contributed by atoms with Crippen LogP contribution in [0, 0.1) is 17.1 Å². The molecule has 0 saturated heterocycles. The van der Waals surface area contributed by atoms with Crippen molar-refractivity contribution < 1.29 is 9.18 Å². The van der Waals surface area contributed by atoms with Gasteiger partial charge in [-0.25, -0.2) is 4.39 Å². The van der Waals surface area contributed by atoms with Crippen molar-refractivity contribution in [3.05, 3.63) is 65.5 Å². The number of amides is 1. The predicted octanol–water partition coefficient (Wildman–Crippen LogP) is 2.81. The van der Waals surface area contributed by atoms with E-state index in [4.69, 9.17) is 5.26 Å². The van der Waals surface area contributed by atoms with Crippen LogP contribution in [0.25, 0.3) is 0 Å². The number of nitriles is 1. The first kappa shape index (κ1) is 15.7. The lowest BCUT2D eigenvalue weighted by molar-refractivity contribution is -0.117. The van der Waals surface area contributed by atoms with Crippen LogP contribution in [0.2, 0.25) is 0 Å². The highest BCUT2D eigenvalue weighted by Gasteiger charge is 2.13. The lowest BCUT2D eigenvalue weighted by Crippen LogP contribution is -2.37. The molecular weight excluding hydrogens is 281 g/mol. The monoisotopic (exact) mass is 297 g/mol. The van der Waals surface area contributed by atoms with Crippen LogP contribution in [0.3, 0.4) is 0 Å².